The van der Waals surface area contributed by atoms with E-state index in [1.54, 1.807) is 11.3 Å². The highest BCUT2D eigenvalue weighted by Crippen LogP contribution is 2.24. The molecule has 1 N–H and O–H groups in total. The summed E-state index contributed by atoms with van der Waals surface area (Å²) in [4.78, 5) is 17.4. The van der Waals surface area contributed by atoms with E-state index in [1.165, 1.54) is 0 Å². The van der Waals surface area contributed by atoms with Gasteiger partial charge in [0, 0.05) is 4.88 Å². The van der Waals surface area contributed by atoms with Crippen molar-refractivity contribution in [2.75, 3.05) is 0 Å². The molecule has 1 heterocycles. The number of nitrogens with zero attached hydrogens (tertiary/aromatic N) is 1. The minimum absolute atomic E-state index is 0.00194. The molecule has 0 aliphatic heterocycles. The molecule has 96 valence electrons. The summed E-state index contributed by atoms with van der Waals surface area (Å²) in [7, 11) is 0. The first-order valence-electron chi connectivity index (χ1n) is 5.75. The lowest BCUT2D eigenvalue weighted by atomic mass is 10.1. The molecule has 2 atom stereocenters. The molecule has 0 saturated heterocycles. The first-order chi connectivity index (χ1) is 7.82. The largest absolute Gasteiger partial charge is 0.348 e. The molecule has 0 saturated carbocycles. The van der Waals surface area contributed by atoms with Crippen LogP contribution in [0.25, 0.3) is 0 Å². The van der Waals surface area contributed by atoms with E-state index in [9.17, 15) is 4.79 Å². The molecule has 0 bridgehead atoms. The van der Waals surface area contributed by atoms with Crippen molar-refractivity contribution in [3.8, 4) is 0 Å². The van der Waals surface area contributed by atoms with E-state index < -0.39 is 0 Å². The molecule has 0 radical (unpaired) electrons. The van der Waals surface area contributed by atoms with Gasteiger partial charge in [0.2, 0.25) is 5.91 Å². The average Bonchev–Trinajstić information content (AvgIpc) is 2.56. The zero-order valence-electron chi connectivity index (χ0n) is 10.9. The van der Waals surface area contributed by atoms with Gasteiger partial charge < -0.3 is 5.32 Å². The third-order valence-electron chi connectivity index (χ3n) is 2.59. The predicted octanol–water partition coefficient (Wildman–Crippen LogP) is 2.89. The molecule has 3 nitrogen and oxygen atoms in total. The fourth-order valence-corrected chi connectivity index (χ4v) is 2.62. The molecule has 0 fully saturated rings. The van der Waals surface area contributed by atoms with Crippen molar-refractivity contribution < 1.29 is 4.79 Å². The zero-order valence-corrected chi connectivity index (χ0v) is 12.7. The molecule has 5 heteroatoms. The van der Waals surface area contributed by atoms with Crippen LogP contribution in [0.1, 0.15) is 42.4 Å². The van der Waals surface area contributed by atoms with Gasteiger partial charge in [0.1, 0.15) is 0 Å². The highest BCUT2D eigenvalue weighted by molar-refractivity contribution is 7.81. The Morgan fingerprint density at radius 1 is 1.35 bits per heavy atom. The molecule has 0 aliphatic carbocycles. The molecular weight excluding hydrogens is 252 g/mol. The van der Waals surface area contributed by atoms with Crippen molar-refractivity contribution in [1.29, 1.82) is 0 Å². The number of carbonyl (C=O) groups excluding carboxylic acids is 1. The number of hydrogen-bond acceptors (Lipinski definition) is 4. The van der Waals surface area contributed by atoms with Gasteiger partial charge in [-0.2, -0.15) is 12.6 Å². The third-order valence-corrected chi connectivity index (χ3v) is 4.68. The Kier molecular flexibility index (Phi) is 5.01. The van der Waals surface area contributed by atoms with Crippen LogP contribution in [0, 0.1) is 19.8 Å². The summed E-state index contributed by atoms with van der Waals surface area (Å²) in [5.41, 5.74) is 1.00. The van der Waals surface area contributed by atoms with Crippen molar-refractivity contribution >= 4 is 29.9 Å². The highest BCUT2D eigenvalue weighted by Gasteiger charge is 2.21. The summed E-state index contributed by atoms with van der Waals surface area (Å²) < 4.78 is 0. The van der Waals surface area contributed by atoms with E-state index in [2.05, 4.69) is 22.9 Å². The fraction of sp³-hybridized carbons (Fsp3) is 0.667. The molecule has 0 spiro atoms. The summed E-state index contributed by atoms with van der Waals surface area (Å²) in [5.74, 6) is 0.219. The maximum Gasteiger partial charge on any atom is 0.233 e. The van der Waals surface area contributed by atoms with Gasteiger partial charge in [-0.05, 0) is 26.7 Å². The van der Waals surface area contributed by atoms with E-state index >= 15 is 0 Å². The number of nitrogens with one attached hydrogen (secondary N) is 1. The maximum absolute atomic E-state index is 11.9. The van der Waals surface area contributed by atoms with Crippen LogP contribution in [-0.2, 0) is 4.79 Å². The van der Waals surface area contributed by atoms with E-state index in [0.717, 1.165) is 15.6 Å². The minimum Gasteiger partial charge on any atom is -0.348 e. The summed E-state index contributed by atoms with van der Waals surface area (Å²) in [6.45, 7) is 9.92. The van der Waals surface area contributed by atoms with Crippen LogP contribution < -0.4 is 5.32 Å². The van der Waals surface area contributed by atoms with Crippen molar-refractivity contribution in [3.63, 3.8) is 0 Å². The standard InChI is InChI=1S/C12H20N2OS2/c1-6(2)10(16)12(15)14-8(4)11-7(3)13-9(5)17-11/h6,8,10,16H,1-5H3,(H,14,15). The summed E-state index contributed by atoms with van der Waals surface area (Å²) in [6.07, 6.45) is 0. The lowest BCUT2D eigenvalue weighted by Gasteiger charge is -2.18. The molecule has 0 aromatic carbocycles. The molecule has 0 aliphatic rings. The Labute approximate surface area is 112 Å². The number of aromatic nitrogens is 1. The number of rotatable bonds is 4. The third kappa shape index (κ3) is 3.71. The molecular formula is C12H20N2OS2. The Morgan fingerprint density at radius 3 is 2.35 bits per heavy atom. The zero-order chi connectivity index (χ0) is 13.2. The van der Waals surface area contributed by atoms with E-state index in [1.807, 2.05) is 34.6 Å². The van der Waals surface area contributed by atoms with Crippen molar-refractivity contribution in [1.82, 2.24) is 10.3 Å². The highest BCUT2D eigenvalue weighted by atomic mass is 32.1. The average molecular weight is 272 g/mol. The number of aryl methyl sites for hydroxylation is 2. The van der Waals surface area contributed by atoms with E-state index in [4.69, 9.17) is 0 Å². The Morgan fingerprint density at radius 2 is 1.94 bits per heavy atom. The number of thiazole rings is 1. The van der Waals surface area contributed by atoms with Gasteiger partial charge in [0.15, 0.2) is 0 Å². The van der Waals surface area contributed by atoms with Gasteiger partial charge in [-0.15, -0.1) is 11.3 Å². The quantitative estimate of drug-likeness (QED) is 0.828. The number of carbonyl (C=O) groups is 1. The molecule has 2 unspecified atom stereocenters. The lowest BCUT2D eigenvalue weighted by molar-refractivity contribution is -0.121. The fourth-order valence-electron chi connectivity index (χ4n) is 1.62. The lowest BCUT2D eigenvalue weighted by Crippen LogP contribution is -2.35. The monoisotopic (exact) mass is 272 g/mol. The van der Waals surface area contributed by atoms with Crippen molar-refractivity contribution in [3.05, 3.63) is 15.6 Å². The van der Waals surface area contributed by atoms with Crippen LogP contribution in [0.4, 0.5) is 0 Å². The van der Waals surface area contributed by atoms with E-state index in [0.29, 0.717) is 0 Å². The van der Waals surface area contributed by atoms with Crippen molar-refractivity contribution in [2.24, 2.45) is 5.92 Å². The first kappa shape index (κ1) is 14.5. The maximum atomic E-state index is 11.9. The molecule has 1 aromatic rings. The van der Waals surface area contributed by atoms with Gasteiger partial charge in [-0.1, -0.05) is 13.8 Å². The second-order valence-electron chi connectivity index (χ2n) is 4.60. The number of hydrogen-bond donors (Lipinski definition) is 2. The van der Waals surface area contributed by atoms with Crippen LogP contribution in [0.15, 0.2) is 0 Å². The summed E-state index contributed by atoms with van der Waals surface area (Å²) in [6, 6.07) is 0.00194. The van der Waals surface area contributed by atoms with E-state index in [-0.39, 0.29) is 23.1 Å². The topological polar surface area (TPSA) is 42.0 Å². The first-order valence-corrected chi connectivity index (χ1v) is 7.08. The van der Waals surface area contributed by atoms with Crippen LogP contribution in [-0.4, -0.2) is 16.1 Å². The van der Waals surface area contributed by atoms with Crippen LogP contribution >= 0.6 is 24.0 Å². The van der Waals surface area contributed by atoms with Gasteiger partial charge in [-0.25, -0.2) is 4.98 Å². The van der Waals surface area contributed by atoms with Crippen LogP contribution in [0.3, 0.4) is 0 Å². The van der Waals surface area contributed by atoms with Gasteiger partial charge in [0.25, 0.3) is 0 Å². The molecule has 1 rings (SSSR count). The van der Waals surface area contributed by atoms with Gasteiger partial charge in [-0.3, -0.25) is 4.79 Å². The Bertz CT molecular complexity index is 401. The number of thiol groups is 1. The SMILES string of the molecule is Cc1nc(C)c(C(C)NC(=O)C(S)C(C)C)s1. The Balaban J connectivity index is 2.70. The molecule has 17 heavy (non-hydrogen) atoms. The smallest absolute Gasteiger partial charge is 0.233 e. The second kappa shape index (κ2) is 5.87. The summed E-state index contributed by atoms with van der Waals surface area (Å²) >= 11 is 5.95. The normalized spacial score (nSPS) is 14.8. The predicted molar refractivity (Wildman–Crippen MR) is 75.8 cm³/mol. The second-order valence-corrected chi connectivity index (χ2v) is 6.39. The van der Waals surface area contributed by atoms with Crippen molar-refractivity contribution in [2.45, 2.75) is 45.9 Å². The summed E-state index contributed by atoms with van der Waals surface area (Å²) in [5, 5.41) is 3.76. The minimum atomic E-state index is -0.258. The van der Waals surface area contributed by atoms with Crippen LogP contribution in [0.5, 0.6) is 0 Å². The number of amides is 1. The molecule has 1 amide bonds. The van der Waals surface area contributed by atoms with Crippen LogP contribution in [0.2, 0.25) is 0 Å². The molecule has 1 aromatic heterocycles. The van der Waals surface area contributed by atoms with Gasteiger partial charge >= 0.3 is 0 Å². The Hall–Kier alpha value is -0.550. The van der Waals surface area contributed by atoms with Gasteiger partial charge in [0.05, 0.1) is 22.0 Å².